The zero-order valence-electron chi connectivity index (χ0n) is 19.3. The number of likely N-dealkylation sites (N-methyl/N-ethyl adjacent to an activating group) is 1. The highest BCUT2D eigenvalue weighted by Crippen LogP contribution is 2.33. The second-order valence-electron chi connectivity index (χ2n) is 9.59. The Morgan fingerprint density at radius 2 is 1.79 bits per heavy atom. The summed E-state index contributed by atoms with van der Waals surface area (Å²) >= 11 is 0. The van der Waals surface area contributed by atoms with Gasteiger partial charge in [0.2, 0.25) is 5.91 Å². The minimum atomic E-state index is -4.75. The third-order valence-electron chi connectivity index (χ3n) is 7.29. The van der Waals surface area contributed by atoms with Crippen LogP contribution in [0.1, 0.15) is 50.5 Å². The number of nitrogens with zero attached hydrogens (tertiary/aromatic N) is 4. The van der Waals surface area contributed by atoms with Crippen LogP contribution in [0.15, 0.2) is 29.3 Å². The first-order chi connectivity index (χ1) is 15.7. The van der Waals surface area contributed by atoms with Crippen molar-refractivity contribution >= 4 is 12.2 Å². The lowest BCUT2D eigenvalue weighted by Gasteiger charge is -2.44. The van der Waals surface area contributed by atoms with Crippen LogP contribution >= 0.6 is 0 Å². The van der Waals surface area contributed by atoms with Gasteiger partial charge in [0.25, 0.3) is 0 Å². The van der Waals surface area contributed by atoms with Gasteiger partial charge in [-0.1, -0.05) is 18.6 Å². The topological polar surface area (TPSA) is 48.4 Å². The molecule has 2 saturated carbocycles. The third kappa shape index (κ3) is 5.99. The van der Waals surface area contributed by atoms with Crippen LogP contribution in [0.2, 0.25) is 0 Å². The van der Waals surface area contributed by atoms with Gasteiger partial charge in [0.15, 0.2) is 0 Å². The van der Waals surface area contributed by atoms with E-state index in [-0.39, 0.29) is 24.2 Å². The smallest absolute Gasteiger partial charge is 0.406 e. The highest BCUT2D eigenvalue weighted by Gasteiger charge is 2.37. The summed E-state index contributed by atoms with van der Waals surface area (Å²) in [7, 11) is 4.09. The number of halogens is 3. The van der Waals surface area contributed by atoms with E-state index in [9.17, 15) is 18.0 Å². The number of carbonyl (C=O) groups excluding carboxylic acids is 1. The SMILES string of the molecule is CN1C=NC(C(=O)N(Cc2cccc(OC(F)(F)F)c2)C2CCC(N(C)C3CCC3)CC2)C1. The number of carbonyl (C=O) groups is 1. The van der Waals surface area contributed by atoms with Crippen molar-refractivity contribution in [1.29, 1.82) is 0 Å². The molecule has 182 valence electrons. The van der Waals surface area contributed by atoms with Gasteiger partial charge >= 0.3 is 6.36 Å². The lowest BCUT2D eigenvalue weighted by atomic mass is 9.85. The maximum atomic E-state index is 13.5. The maximum absolute atomic E-state index is 13.5. The fourth-order valence-electron chi connectivity index (χ4n) is 5.19. The van der Waals surface area contributed by atoms with Gasteiger partial charge in [-0.15, -0.1) is 13.2 Å². The second-order valence-corrected chi connectivity index (χ2v) is 9.59. The molecule has 9 heteroatoms. The molecule has 1 heterocycles. The molecule has 33 heavy (non-hydrogen) atoms. The van der Waals surface area contributed by atoms with Crippen LogP contribution in [0.4, 0.5) is 13.2 Å². The Balaban J connectivity index is 1.47. The Morgan fingerprint density at radius 1 is 1.12 bits per heavy atom. The van der Waals surface area contributed by atoms with Crippen LogP contribution < -0.4 is 4.74 Å². The molecule has 0 N–H and O–H groups in total. The Hall–Kier alpha value is -2.29. The van der Waals surface area contributed by atoms with Gasteiger partial charge < -0.3 is 19.4 Å². The first kappa shape index (κ1) is 23.9. The van der Waals surface area contributed by atoms with E-state index in [1.165, 1.54) is 37.5 Å². The van der Waals surface area contributed by atoms with Crippen LogP contribution in [0.5, 0.6) is 5.75 Å². The molecule has 1 unspecified atom stereocenters. The molecule has 2 aliphatic carbocycles. The molecule has 4 rings (SSSR count). The van der Waals surface area contributed by atoms with Crippen molar-refractivity contribution in [2.75, 3.05) is 20.6 Å². The van der Waals surface area contributed by atoms with Crippen molar-refractivity contribution in [3.05, 3.63) is 29.8 Å². The molecule has 0 spiro atoms. The van der Waals surface area contributed by atoms with E-state index in [4.69, 9.17) is 0 Å². The van der Waals surface area contributed by atoms with Gasteiger partial charge in [-0.2, -0.15) is 0 Å². The lowest BCUT2D eigenvalue weighted by molar-refractivity contribution is -0.274. The number of amides is 1. The summed E-state index contributed by atoms with van der Waals surface area (Å²) in [6, 6.07) is 6.71. The number of hydrogen-bond acceptors (Lipinski definition) is 5. The fraction of sp³-hybridized carbons (Fsp3) is 0.667. The number of alkyl halides is 3. The van der Waals surface area contributed by atoms with Gasteiger partial charge in [-0.3, -0.25) is 9.79 Å². The largest absolute Gasteiger partial charge is 0.573 e. The van der Waals surface area contributed by atoms with Crippen LogP contribution in [-0.2, 0) is 11.3 Å². The Kier molecular flexibility index (Phi) is 7.16. The fourth-order valence-corrected chi connectivity index (χ4v) is 5.19. The van der Waals surface area contributed by atoms with Crippen molar-refractivity contribution in [1.82, 2.24) is 14.7 Å². The molecule has 0 bridgehead atoms. The van der Waals surface area contributed by atoms with Gasteiger partial charge in [0, 0.05) is 38.3 Å². The van der Waals surface area contributed by atoms with Crippen molar-refractivity contribution in [3.63, 3.8) is 0 Å². The van der Waals surface area contributed by atoms with E-state index in [2.05, 4.69) is 21.7 Å². The quantitative estimate of drug-likeness (QED) is 0.608. The normalized spacial score (nSPS) is 25.9. The lowest BCUT2D eigenvalue weighted by Crippen LogP contribution is -2.50. The molecule has 1 aliphatic heterocycles. The number of ether oxygens (including phenoxy) is 1. The molecule has 1 amide bonds. The first-order valence-electron chi connectivity index (χ1n) is 11.8. The van der Waals surface area contributed by atoms with Crippen LogP contribution in [-0.4, -0.2) is 78.1 Å². The Morgan fingerprint density at radius 3 is 2.36 bits per heavy atom. The number of benzene rings is 1. The van der Waals surface area contributed by atoms with Crippen molar-refractivity contribution in [2.45, 2.75) is 82.0 Å². The molecule has 1 aromatic carbocycles. The number of hydrogen-bond donors (Lipinski definition) is 0. The van der Waals surface area contributed by atoms with E-state index in [0.717, 1.165) is 25.7 Å². The van der Waals surface area contributed by atoms with Crippen LogP contribution in [0, 0.1) is 0 Å². The summed E-state index contributed by atoms with van der Waals surface area (Å²) in [5, 5.41) is 0. The van der Waals surface area contributed by atoms with Gasteiger partial charge in [-0.05, 0) is 63.3 Å². The number of rotatable bonds is 7. The maximum Gasteiger partial charge on any atom is 0.573 e. The standard InChI is InChI=1S/C24H33F3N4O2/c1-29-15-22(28-16-29)23(32)31(14-17-5-3-8-21(13-17)33-24(25,26)27)20-11-9-19(10-12-20)30(2)18-6-4-7-18/h3,5,8,13,16,18-20,22H,4,6-7,9-12,14-15H2,1-2H3. The minimum absolute atomic E-state index is 0.0526. The molecule has 1 atom stereocenters. The molecule has 0 saturated heterocycles. The monoisotopic (exact) mass is 466 g/mol. The zero-order chi connectivity index (χ0) is 23.6. The highest BCUT2D eigenvalue weighted by molar-refractivity contribution is 5.85. The van der Waals surface area contributed by atoms with E-state index in [0.29, 0.717) is 24.2 Å². The zero-order valence-corrected chi connectivity index (χ0v) is 19.3. The van der Waals surface area contributed by atoms with Crippen LogP contribution in [0.3, 0.4) is 0 Å². The van der Waals surface area contributed by atoms with Crippen LogP contribution in [0.25, 0.3) is 0 Å². The third-order valence-corrected chi connectivity index (χ3v) is 7.29. The molecule has 1 aromatic rings. The minimum Gasteiger partial charge on any atom is -0.406 e. The van der Waals surface area contributed by atoms with Gasteiger partial charge in [-0.25, -0.2) is 0 Å². The first-order valence-corrected chi connectivity index (χ1v) is 11.8. The van der Waals surface area contributed by atoms with E-state index in [1.54, 1.807) is 12.4 Å². The van der Waals surface area contributed by atoms with Crippen molar-refractivity contribution in [2.24, 2.45) is 4.99 Å². The second kappa shape index (κ2) is 9.91. The highest BCUT2D eigenvalue weighted by atomic mass is 19.4. The number of aliphatic imine (C=N–C) groups is 1. The van der Waals surface area contributed by atoms with Crippen molar-refractivity contribution < 1.29 is 22.7 Å². The summed E-state index contributed by atoms with van der Waals surface area (Å²) in [6.07, 6.45) is 4.58. The molecule has 6 nitrogen and oxygen atoms in total. The Labute approximate surface area is 193 Å². The summed E-state index contributed by atoms with van der Waals surface area (Å²) in [4.78, 5) is 24.0. The van der Waals surface area contributed by atoms with E-state index in [1.807, 2.05) is 16.8 Å². The molecular weight excluding hydrogens is 433 g/mol. The summed E-state index contributed by atoms with van der Waals surface area (Å²) in [5.74, 6) is -0.328. The molecule has 0 radical (unpaired) electrons. The molecule has 3 aliphatic rings. The van der Waals surface area contributed by atoms with E-state index < -0.39 is 12.4 Å². The average molecular weight is 467 g/mol. The summed E-state index contributed by atoms with van der Waals surface area (Å²) in [6.45, 7) is 0.768. The van der Waals surface area contributed by atoms with Gasteiger partial charge in [0.05, 0.1) is 6.34 Å². The average Bonchev–Trinajstić information content (AvgIpc) is 3.16. The molecule has 0 aromatic heterocycles. The summed E-state index contributed by atoms with van der Waals surface area (Å²) < 4.78 is 42.1. The molecular formula is C24H33F3N4O2. The summed E-state index contributed by atoms with van der Waals surface area (Å²) in [5.41, 5.74) is 0.620. The van der Waals surface area contributed by atoms with E-state index >= 15 is 0 Å². The predicted octanol–water partition coefficient (Wildman–Crippen LogP) is 4.05. The molecule has 2 fully saturated rings. The Bertz CT molecular complexity index is 850. The van der Waals surface area contributed by atoms with Crippen molar-refractivity contribution in [3.8, 4) is 5.75 Å². The van der Waals surface area contributed by atoms with Gasteiger partial charge in [0.1, 0.15) is 11.8 Å². The predicted molar refractivity (Wildman–Crippen MR) is 120 cm³/mol.